The summed E-state index contributed by atoms with van der Waals surface area (Å²) in [6.07, 6.45) is 3.92. The summed E-state index contributed by atoms with van der Waals surface area (Å²) in [6.45, 7) is 2.60. The first-order valence-electron chi connectivity index (χ1n) is 6.95. The van der Waals surface area contributed by atoms with E-state index >= 15 is 0 Å². The molecular formula is C15H18NO3. The standard InChI is InChI=1S/C15H18NO3/c16-15-2-1-9(3-10-6-17-10)13(4-11-7-18-11)14(15)5-12-8-19-12/h2,10-12H,3-8,16H2. The second-order valence-corrected chi connectivity index (χ2v) is 5.66. The Labute approximate surface area is 112 Å². The van der Waals surface area contributed by atoms with E-state index in [1.54, 1.807) is 0 Å². The lowest BCUT2D eigenvalue weighted by molar-refractivity contribution is 0.398. The predicted octanol–water partition coefficient (Wildman–Crippen LogP) is 0.893. The molecule has 101 valence electrons. The number of nitrogen functional groups attached to an aromatic ring is 1. The maximum Gasteiger partial charge on any atom is 0.0851 e. The smallest absolute Gasteiger partial charge is 0.0851 e. The van der Waals surface area contributed by atoms with Crippen molar-refractivity contribution in [2.45, 2.75) is 37.6 Å². The van der Waals surface area contributed by atoms with Crippen molar-refractivity contribution in [2.75, 3.05) is 25.6 Å². The zero-order valence-corrected chi connectivity index (χ0v) is 10.9. The number of rotatable bonds is 6. The van der Waals surface area contributed by atoms with Gasteiger partial charge in [0, 0.05) is 24.9 Å². The third-order valence-electron chi connectivity index (χ3n) is 3.98. The first kappa shape index (κ1) is 11.7. The van der Waals surface area contributed by atoms with Crippen molar-refractivity contribution in [2.24, 2.45) is 0 Å². The fraction of sp³-hybridized carbons (Fsp3) is 0.600. The lowest BCUT2D eigenvalue weighted by Crippen LogP contribution is -2.11. The first-order chi connectivity index (χ1) is 9.29. The molecule has 0 amide bonds. The summed E-state index contributed by atoms with van der Waals surface area (Å²) in [4.78, 5) is 0. The van der Waals surface area contributed by atoms with Gasteiger partial charge in [-0.1, -0.05) is 0 Å². The predicted molar refractivity (Wildman–Crippen MR) is 70.0 cm³/mol. The number of benzene rings is 1. The van der Waals surface area contributed by atoms with Crippen LogP contribution in [0.25, 0.3) is 0 Å². The number of epoxide rings is 3. The summed E-state index contributed by atoms with van der Waals surface area (Å²) in [5.74, 6) is 0. The van der Waals surface area contributed by atoms with E-state index in [9.17, 15) is 0 Å². The van der Waals surface area contributed by atoms with Gasteiger partial charge in [-0.3, -0.25) is 0 Å². The maximum absolute atomic E-state index is 6.15. The summed E-state index contributed by atoms with van der Waals surface area (Å²) in [6, 6.07) is 5.25. The zero-order chi connectivity index (χ0) is 12.8. The minimum atomic E-state index is 0.355. The number of hydrogen-bond acceptors (Lipinski definition) is 4. The molecule has 0 bridgehead atoms. The minimum absolute atomic E-state index is 0.355. The van der Waals surface area contributed by atoms with Crippen molar-refractivity contribution in [3.05, 3.63) is 28.8 Å². The molecule has 0 saturated carbocycles. The van der Waals surface area contributed by atoms with Crippen LogP contribution in [0.15, 0.2) is 6.07 Å². The molecular weight excluding hydrogens is 242 g/mol. The van der Waals surface area contributed by atoms with Gasteiger partial charge in [-0.2, -0.15) is 0 Å². The van der Waals surface area contributed by atoms with Crippen LogP contribution in [0, 0.1) is 6.07 Å². The average molecular weight is 260 g/mol. The van der Waals surface area contributed by atoms with Gasteiger partial charge in [0.15, 0.2) is 0 Å². The van der Waals surface area contributed by atoms with Gasteiger partial charge in [-0.25, -0.2) is 0 Å². The van der Waals surface area contributed by atoms with Crippen molar-refractivity contribution in [1.82, 2.24) is 0 Å². The van der Waals surface area contributed by atoms with Crippen LogP contribution < -0.4 is 5.73 Å². The summed E-state index contributed by atoms with van der Waals surface area (Å²) < 4.78 is 16.1. The first-order valence-corrected chi connectivity index (χ1v) is 6.95. The molecule has 1 radical (unpaired) electrons. The van der Waals surface area contributed by atoms with Crippen molar-refractivity contribution < 1.29 is 14.2 Å². The van der Waals surface area contributed by atoms with Crippen molar-refractivity contribution in [3.63, 3.8) is 0 Å². The Morgan fingerprint density at radius 3 is 2.05 bits per heavy atom. The fourth-order valence-corrected chi connectivity index (χ4v) is 2.61. The highest BCUT2D eigenvalue weighted by atomic mass is 16.6. The van der Waals surface area contributed by atoms with E-state index in [0.717, 1.165) is 44.8 Å². The lowest BCUT2D eigenvalue weighted by Gasteiger charge is -2.15. The van der Waals surface area contributed by atoms with Gasteiger partial charge in [0.05, 0.1) is 38.1 Å². The molecule has 0 spiro atoms. The van der Waals surface area contributed by atoms with Gasteiger partial charge in [-0.05, 0) is 28.8 Å². The van der Waals surface area contributed by atoms with Crippen LogP contribution in [0.4, 0.5) is 5.69 Å². The minimum Gasteiger partial charge on any atom is -0.398 e. The molecule has 4 rings (SSSR count). The third kappa shape index (κ3) is 2.76. The molecule has 1 aromatic carbocycles. The van der Waals surface area contributed by atoms with Crippen molar-refractivity contribution in [1.29, 1.82) is 0 Å². The Bertz CT molecular complexity index is 490. The number of hydrogen-bond donors (Lipinski definition) is 1. The highest BCUT2D eigenvalue weighted by Gasteiger charge is 2.31. The summed E-state index contributed by atoms with van der Waals surface area (Å²) in [7, 11) is 0. The van der Waals surface area contributed by atoms with Crippen LogP contribution in [-0.2, 0) is 33.5 Å². The molecule has 3 heterocycles. The van der Waals surface area contributed by atoms with Gasteiger partial charge < -0.3 is 19.9 Å². The van der Waals surface area contributed by atoms with E-state index in [1.165, 1.54) is 16.7 Å². The topological polar surface area (TPSA) is 63.6 Å². The van der Waals surface area contributed by atoms with Crippen LogP contribution >= 0.6 is 0 Å². The summed E-state index contributed by atoms with van der Waals surface area (Å²) in [5, 5.41) is 0. The van der Waals surface area contributed by atoms with Gasteiger partial charge in [0.2, 0.25) is 0 Å². The molecule has 3 unspecified atom stereocenters. The molecule has 3 aliphatic rings. The van der Waals surface area contributed by atoms with E-state index in [4.69, 9.17) is 19.9 Å². The number of nitrogens with two attached hydrogens (primary N) is 1. The SMILES string of the molecule is Nc1c[c]c(CC2CO2)c(CC2CO2)c1CC1CO1. The molecule has 3 atom stereocenters. The molecule has 0 aliphatic carbocycles. The molecule has 3 fully saturated rings. The van der Waals surface area contributed by atoms with Gasteiger partial charge >= 0.3 is 0 Å². The van der Waals surface area contributed by atoms with E-state index in [-0.39, 0.29) is 0 Å². The largest absolute Gasteiger partial charge is 0.398 e. The summed E-state index contributed by atoms with van der Waals surface area (Å²) in [5.41, 5.74) is 10.8. The molecule has 3 saturated heterocycles. The Hall–Kier alpha value is -1.10. The monoisotopic (exact) mass is 260 g/mol. The maximum atomic E-state index is 6.15. The van der Waals surface area contributed by atoms with E-state index in [0.29, 0.717) is 18.3 Å². The second-order valence-electron chi connectivity index (χ2n) is 5.66. The normalized spacial score (nSPS) is 31.3. The van der Waals surface area contributed by atoms with E-state index in [1.807, 2.05) is 6.07 Å². The Morgan fingerprint density at radius 2 is 1.47 bits per heavy atom. The highest BCUT2D eigenvalue weighted by molar-refractivity contribution is 5.54. The molecule has 19 heavy (non-hydrogen) atoms. The van der Waals surface area contributed by atoms with Crippen LogP contribution in [-0.4, -0.2) is 38.1 Å². The Morgan fingerprint density at radius 1 is 0.947 bits per heavy atom. The van der Waals surface area contributed by atoms with Gasteiger partial charge in [0.25, 0.3) is 0 Å². The quantitative estimate of drug-likeness (QED) is 0.609. The van der Waals surface area contributed by atoms with E-state index < -0.39 is 0 Å². The van der Waals surface area contributed by atoms with Crippen LogP contribution in [0.3, 0.4) is 0 Å². The molecule has 3 aliphatic heterocycles. The molecule has 0 aromatic heterocycles. The Kier molecular flexibility index (Phi) is 2.76. The fourth-order valence-electron chi connectivity index (χ4n) is 2.61. The average Bonchev–Trinajstić information content (AvgIpc) is 3.24. The molecule has 2 N–H and O–H groups in total. The zero-order valence-electron chi connectivity index (χ0n) is 10.9. The molecule has 4 nitrogen and oxygen atoms in total. The van der Waals surface area contributed by atoms with Crippen molar-refractivity contribution in [3.8, 4) is 0 Å². The number of anilines is 1. The van der Waals surface area contributed by atoms with Crippen LogP contribution in [0.5, 0.6) is 0 Å². The van der Waals surface area contributed by atoms with Crippen molar-refractivity contribution >= 4 is 5.69 Å². The van der Waals surface area contributed by atoms with Crippen LogP contribution in [0.1, 0.15) is 16.7 Å². The number of ether oxygens (including phenoxy) is 3. The van der Waals surface area contributed by atoms with Crippen LogP contribution in [0.2, 0.25) is 0 Å². The Balaban J connectivity index is 1.66. The second kappa shape index (κ2) is 4.47. The summed E-state index contributed by atoms with van der Waals surface area (Å²) >= 11 is 0. The van der Waals surface area contributed by atoms with Gasteiger partial charge in [-0.15, -0.1) is 0 Å². The lowest BCUT2D eigenvalue weighted by atomic mass is 9.91. The highest BCUT2D eigenvalue weighted by Crippen LogP contribution is 2.31. The van der Waals surface area contributed by atoms with E-state index in [2.05, 4.69) is 6.07 Å². The molecule has 4 heteroatoms. The third-order valence-corrected chi connectivity index (χ3v) is 3.98. The molecule has 1 aromatic rings. The van der Waals surface area contributed by atoms with Gasteiger partial charge in [0.1, 0.15) is 0 Å².